The van der Waals surface area contributed by atoms with Crippen LogP contribution in [-0.2, 0) is 0 Å². The molecule has 0 fully saturated rings. The van der Waals surface area contributed by atoms with Gasteiger partial charge in [0.25, 0.3) is 5.91 Å². The molecule has 5 heteroatoms. The summed E-state index contributed by atoms with van der Waals surface area (Å²) in [6, 6.07) is 5.03. The lowest BCUT2D eigenvalue weighted by atomic mass is 10.1. The molecule has 0 aliphatic heterocycles. The van der Waals surface area contributed by atoms with Crippen molar-refractivity contribution < 1.29 is 14.3 Å². The highest BCUT2D eigenvalue weighted by Gasteiger charge is 2.15. The largest absolute Gasteiger partial charge is 0.497 e. The summed E-state index contributed by atoms with van der Waals surface area (Å²) in [4.78, 5) is 12.1. The van der Waals surface area contributed by atoms with Crippen molar-refractivity contribution in [3.05, 3.63) is 23.8 Å². The van der Waals surface area contributed by atoms with Crippen LogP contribution in [0.15, 0.2) is 18.2 Å². The maximum absolute atomic E-state index is 12.1. The van der Waals surface area contributed by atoms with Gasteiger partial charge in [-0.1, -0.05) is 13.8 Å². The quantitative estimate of drug-likeness (QED) is 0.816. The van der Waals surface area contributed by atoms with Gasteiger partial charge in [0.1, 0.15) is 11.5 Å². The molecule has 1 atom stereocenters. The fourth-order valence-electron chi connectivity index (χ4n) is 1.53. The van der Waals surface area contributed by atoms with E-state index in [0.717, 1.165) is 0 Å². The lowest BCUT2D eigenvalue weighted by Crippen LogP contribution is -2.40. The van der Waals surface area contributed by atoms with Gasteiger partial charge in [-0.05, 0) is 24.1 Å². The first-order valence-corrected chi connectivity index (χ1v) is 6.25. The van der Waals surface area contributed by atoms with Crippen LogP contribution in [0.3, 0.4) is 0 Å². The summed E-state index contributed by atoms with van der Waals surface area (Å²) in [5, 5.41) is 2.81. The first kappa shape index (κ1) is 15.3. The minimum absolute atomic E-state index is 0.0689. The van der Waals surface area contributed by atoms with Crippen LogP contribution >= 0.6 is 0 Å². The zero-order valence-electron chi connectivity index (χ0n) is 11.9. The number of nitrogens with two attached hydrogens (primary N) is 1. The van der Waals surface area contributed by atoms with Gasteiger partial charge in [0.2, 0.25) is 0 Å². The molecular formula is C14H22N2O3. The smallest absolute Gasteiger partial charge is 0.255 e. The number of nitrogens with one attached hydrogen (secondary N) is 1. The number of hydrogen-bond donors (Lipinski definition) is 2. The average Bonchev–Trinajstić information content (AvgIpc) is 2.43. The second-order valence-electron chi connectivity index (χ2n) is 4.68. The molecule has 0 aromatic heterocycles. The van der Waals surface area contributed by atoms with Crippen LogP contribution in [0.5, 0.6) is 11.5 Å². The molecule has 0 bridgehead atoms. The summed E-state index contributed by atoms with van der Waals surface area (Å²) in [5.74, 6) is 1.22. The van der Waals surface area contributed by atoms with Gasteiger partial charge >= 0.3 is 0 Å². The van der Waals surface area contributed by atoms with E-state index >= 15 is 0 Å². The summed E-state index contributed by atoms with van der Waals surface area (Å²) >= 11 is 0. The maximum atomic E-state index is 12.1. The molecule has 0 spiro atoms. The van der Waals surface area contributed by atoms with Gasteiger partial charge in [-0.15, -0.1) is 0 Å². The maximum Gasteiger partial charge on any atom is 0.255 e. The number of benzene rings is 1. The van der Waals surface area contributed by atoms with E-state index in [-0.39, 0.29) is 11.9 Å². The van der Waals surface area contributed by atoms with Crippen molar-refractivity contribution in [1.82, 2.24) is 5.32 Å². The molecule has 0 aliphatic carbocycles. The number of methoxy groups -OCH3 is 2. The summed E-state index contributed by atoms with van der Waals surface area (Å²) in [6.45, 7) is 4.46. The van der Waals surface area contributed by atoms with Crippen molar-refractivity contribution in [2.75, 3.05) is 20.8 Å². The van der Waals surface area contributed by atoms with Crippen molar-refractivity contribution >= 4 is 5.91 Å². The van der Waals surface area contributed by atoms with Crippen LogP contribution in [0.4, 0.5) is 0 Å². The highest BCUT2D eigenvalue weighted by molar-refractivity contribution is 5.97. The molecular weight excluding hydrogens is 244 g/mol. The first-order valence-electron chi connectivity index (χ1n) is 6.25. The summed E-state index contributed by atoms with van der Waals surface area (Å²) in [6.07, 6.45) is 0. The minimum Gasteiger partial charge on any atom is -0.497 e. The van der Waals surface area contributed by atoms with E-state index in [2.05, 4.69) is 5.32 Å². The fourth-order valence-corrected chi connectivity index (χ4v) is 1.53. The normalized spacial score (nSPS) is 12.1. The second kappa shape index (κ2) is 6.99. The molecule has 1 aromatic rings. The predicted octanol–water partition coefficient (Wildman–Crippen LogP) is 1.42. The monoisotopic (exact) mass is 266 g/mol. The van der Waals surface area contributed by atoms with Crippen LogP contribution in [0, 0.1) is 5.92 Å². The molecule has 1 unspecified atom stereocenters. The van der Waals surface area contributed by atoms with Gasteiger partial charge in [-0.25, -0.2) is 0 Å². The van der Waals surface area contributed by atoms with Gasteiger partial charge in [0, 0.05) is 12.6 Å². The Morgan fingerprint density at radius 2 is 2.00 bits per heavy atom. The number of amides is 1. The molecule has 19 heavy (non-hydrogen) atoms. The zero-order chi connectivity index (χ0) is 14.4. The van der Waals surface area contributed by atoms with E-state index in [4.69, 9.17) is 15.2 Å². The van der Waals surface area contributed by atoms with Gasteiger partial charge in [-0.2, -0.15) is 0 Å². The predicted molar refractivity (Wildman–Crippen MR) is 74.7 cm³/mol. The fraction of sp³-hybridized carbons (Fsp3) is 0.500. The highest BCUT2D eigenvalue weighted by Crippen LogP contribution is 2.23. The lowest BCUT2D eigenvalue weighted by molar-refractivity contribution is 0.0946. The number of rotatable bonds is 6. The lowest BCUT2D eigenvalue weighted by Gasteiger charge is -2.17. The van der Waals surface area contributed by atoms with E-state index in [1.807, 2.05) is 13.8 Å². The Bertz CT molecular complexity index is 433. The summed E-state index contributed by atoms with van der Waals surface area (Å²) < 4.78 is 10.3. The van der Waals surface area contributed by atoms with Crippen molar-refractivity contribution in [3.63, 3.8) is 0 Å². The van der Waals surface area contributed by atoms with Gasteiger partial charge in [0.05, 0.1) is 19.8 Å². The zero-order valence-corrected chi connectivity index (χ0v) is 11.9. The van der Waals surface area contributed by atoms with E-state index in [1.54, 1.807) is 25.3 Å². The molecule has 0 radical (unpaired) electrons. The topological polar surface area (TPSA) is 73.6 Å². The SMILES string of the molecule is COc1ccc(OC)c(C(=O)NCC(N)C(C)C)c1. The van der Waals surface area contributed by atoms with Crippen LogP contribution in [0.1, 0.15) is 24.2 Å². The van der Waals surface area contributed by atoms with Crippen molar-refractivity contribution in [2.45, 2.75) is 19.9 Å². The molecule has 0 aliphatic rings. The number of carbonyl (C=O) groups is 1. The Morgan fingerprint density at radius 3 is 2.53 bits per heavy atom. The highest BCUT2D eigenvalue weighted by atomic mass is 16.5. The van der Waals surface area contributed by atoms with E-state index in [1.165, 1.54) is 7.11 Å². The Balaban J connectivity index is 2.80. The van der Waals surface area contributed by atoms with Crippen LogP contribution in [-0.4, -0.2) is 32.7 Å². The molecule has 1 amide bonds. The molecule has 1 aromatic carbocycles. The van der Waals surface area contributed by atoms with Crippen molar-refractivity contribution in [3.8, 4) is 11.5 Å². The number of hydrogen-bond acceptors (Lipinski definition) is 4. The molecule has 0 heterocycles. The van der Waals surface area contributed by atoms with Crippen LogP contribution in [0.25, 0.3) is 0 Å². The minimum atomic E-state index is -0.216. The van der Waals surface area contributed by atoms with Crippen LogP contribution < -0.4 is 20.5 Å². The van der Waals surface area contributed by atoms with Crippen molar-refractivity contribution in [2.24, 2.45) is 11.7 Å². The van der Waals surface area contributed by atoms with E-state index in [0.29, 0.717) is 29.5 Å². The van der Waals surface area contributed by atoms with Gasteiger partial charge in [0.15, 0.2) is 0 Å². The number of carbonyl (C=O) groups excluding carboxylic acids is 1. The molecule has 3 N–H and O–H groups in total. The van der Waals surface area contributed by atoms with Crippen LogP contribution in [0.2, 0.25) is 0 Å². The standard InChI is InChI=1S/C14H22N2O3/c1-9(2)12(15)8-16-14(17)11-7-10(18-3)5-6-13(11)19-4/h5-7,9,12H,8,15H2,1-4H3,(H,16,17). The van der Waals surface area contributed by atoms with E-state index in [9.17, 15) is 4.79 Å². The van der Waals surface area contributed by atoms with Gasteiger partial charge < -0.3 is 20.5 Å². The summed E-state index contributed by atoms with van der Waals surface area (Å²) in [5.41, 5.74) is 6.34. The van der Waals surface area contributed by atoms with Gasteiger partial charge in [-0.3, -0.25) is 4.79 Å². The Hall–Kier alpha value is -1.75. The van der Waals surface area contributed by atoms with Crippen molar-refractivity contribution in [1.29, 1.82) is 0 Å². The van der Waals surface area contributed by atoms with E-state index < -0.39 is 0 Å². The molecule has 0 saturated heterocycles. The third-order valence-electron chi connectivity index (χ3n) is 3.01. The average molecular weight is 266 g/mol. The Morgan fingerprint density at radius 1 is 1.32 bits per heavy atom. The molecule has 5 nitrogen and oxygen atoms in total. The Kier molecular flexibility index (Phi) is 5.63. The third-order valence-corrected chi connectivity index (χ3v) is 3.01. The summed E-state index contributed by atoms with van der Waals surface area (Å²) in [7, 11) is 3.08. The molecule has 1 rings (SSSR count). The Labute approximate surface area is 114 Å². The molecule has 106 valence electrons. The molecule has 0 saturated carbocycles. The number of ether oxygens (including phenoxy) is 2. The second-order valence-corrected chi connectivity index (χ2v) is 4.68. The first-order chi connectivity index (χ1) is 8.99. The third kappa shape index (κ3) is 4.13.